The maximum Gasteiger partial charge on any atom is 0.387 e. The molecule has 2 heterocycles. The first-order valence-electron chi connectivity index (χ1n) is 8.84. The van der Waals surface area contributed by atoms with Crippen LogP contribution in [-0.2, 0) is 6.61 Å². The monoisotopic (exact) mass is 427 g/mol. The van der Waals surface area contributed by atoms with Crippen molar-refractivity contribution < 1.29 is 23.0 Å². The van der Waals surface area contributed by atoms with Crippen LogP contribution in [0.1, 0.15) is 16.1 Å². The highest BCUT2D eigenvalue weighted by Crippen LogP contribution is 2.31. The predicted molar refractivity (Wildman–Crippen MR) is 109 cm³/mol. The number of pyridine rings is 1. The molecule has 4 aromatic rings. The predicted octanol–water partition coefficient (Wildman–Crippen LogP) is 5.12. The number of halogens is 2. The minimum absolute atomic E-state index is 0.0554. The molecule has 0 radical (unpaired) electrons. The highest BCUT2D eigenvalue weighted by molar-refractivity contribution is 7.07. The molecule has 0 saturated carbocycles. The summed E-state index contributed by atoms with van der Waals surface area (Å²) in [6.45, 7) is -2.62. The average molecular weight is 427 g/mol. The second kappa shape index (κ2) is 8.83. The summed E-state index contributed by atoms with van der Waals surface area (Å²) in [5.74, 6) is 0.205. The smallest absolute Gasteiger partial charge is 0.387 e. The van der Waals surface area contributed by atoms with Gasteiger partial charge in [-0.1, -0.05) is 0 Å². The van der Waals surface area contributed by atoms with Gasteiger partial charge in [0.1, 0.15) is 17.9 Å². The van der Waals surface area contributed by atoms with E-state index < -0.39 is 6.61 Å². The Balaban J connectivity index is 1.49. The van der Waals surface area contributed by atoms with Crippen molar-refractivity contribution in [2.24, 2.45) is 0 Å². The number of carbonyl (C=O) groups excluding carboxylic acids is 1. The molecule has 0 spiro atoms. The lowest BCUT2D eigenvalue weighted by molar-refractivity contribution is -0.0489. The highest BCUT2D eigenvalue weighted by atomic mass is 32.1. The van der Waals surface area contributed by atoms with Crippen LogP contribution in [-0.4, -0.2) is 22.5 Å². The van der Waals surface area contributed by atoms with E-state index in [4.69, 9.17) is 4.74 Å². The molecule has 30 heavy (non-hydrogen) atoms. The summed E-state index contributed by atoms with van der Waals surface area (Å²) in [7, 11) is 0. The van der Waals surface area contributed by atoms with Crippen molar-refractivity contribution in [3.8, 4) is 11.5 Å². The maximum absolute atomic E-state index is 12.6. The number of ether oxygens (including phenoxy) is 2. The molecule has 1 N–H and O–H groups in total. The molecule has 0 aliphatic carbocycles. The van der Waals surface area contributed by atoms with E-state index in [2.05, 4.69) is 20.0 Å². The molecule has 0 fully saturated rings. The molecule has 0 aliphatic rings. The second-order valence-electron chi connectivity index (χ2n) is 6.14. The van der Waals surface area contributed by atoms with Crippen LogP contribution in [0.5, 0.6) is 11.5 Å². The molecule has 0 atom stereocenters. The van der Waals surface area contributed by atoms with Crippen molar-refractivity contribution in [2.75, 3.05) is 5.32 Å². The van der Waals surface area contributed by atoms with Gasteiger partial charge in [0.2, 0.25) is 0 Å². The number of alkyl halides is 2. The molecule has 0 bridgehead atoms. The molecule has 2 aromatic carbocycles. The van der Waals surface area contributed by atoms with Gasteiger partial charge in [-0.25, -0.2) is 4.98 Å². The summed E-state index contributed by atoms with van der Waals surface area (Å²) >= 11 is 1.49. The fraction of sp³-hybridized carbons (Fsp3) is 0.0952. The number of nitrogens with one attached hydrogen (secondary N) is 1. The number of hydrogen-bond acceptors (Lipinski definition) is 6. The Kier molecular flexibility index (Phi) is 5.80. The summed E-state index contributed by atoms with van der Waals surface area (Å²) in [5.41, 5.74) is 3.66. The minimum atomic E-state index is -2.97. The Morgan fingerprint density at radius 1 is 1.10 bits per heavy atom. The van der Waals surface area contributed by atoms with Crippen LogP contribution < -0.4 is 14.8 Å². The fourth-order valence-corrected chi connectivity index (χ4v) is 3.35. The van der Waals surface area contributed by atoms with Gasteiger partial charge >= 0.3 is 6.61 Å². The number of anilines is 1. The second-order valence-corrected chi connectivity index (χ2v) is 6.85. The Morgan fingerprint density at radius 3 is 2.67 bits per heavy atom. The molecule has 0 aliphatic heterocycles. The molecule has 0 unspecified atom stereocenters. The number of thiazole rings is 1. The van der Waals surface area contributed by atoms with Crippen LogP contribution in [0.2, 0.25) is 0 Å². The third-order valence-electron chi connectivity index (χ3n) is 4.18. The third kappa shape index (κ3) is 4.52. The first-order chi connectivity index (χ1) is 14.6. The number of benzene rings is 2. The number of aromatic nitrogens is 2. The maximum atomic E-state index is 12.6. The topological polar surface area (TPSA) is 73.3 Å². The van der Waals surface area contributed by atoms with Gasteiger partial charge in [-0.05, 0) is 48.5 Å². The molecular formula is C21H15F2N3O3S. The highest BCUT2D eigenvalue weighted by Gasteiger charge is 2.14. The van der Waals surface area contributed by atoms with E-state index in [1.54, 1.807) is 41.9 Å². The van der Waals surface area contributed by atoms with E-state index in [1.807, 2.05) is 5.38 Å². The summed E-state index contributed by atoms with van der Waals surface area (Å²) in [6.07, 6.45) is 1.47. The van der Waals surface area contributed by atoms with Crippen molar-refractivity contribution >= 4 is 33.8 Å². The molecule has 2 aromatic heterocycles. The van der Waals surface area contributed by atoms with Crippen LogP contribution in [0.15, 0.2) is 65.6 Å². The molecule has 1 amide bonds. The van der Waals surface area contributed by atoms with E-state index >= 15 is 0 Å². The molecule has 6 nitrogen and oxygen atoms in total. The van der Waals surface area contributed by atoms with Crippen molar-refractivity contribution in [1.82, 2.24) is 9.97 Å². The Bertz CT molecular complexity index is 1150. The molecule has 4 rings (SSSR count). The van der Waals surface area contributed by atoms with Gasteiger partial charge in [0.25, 0.3) is 5.91 Å². The summed E-state index contributed by atoms with van der Waals surface area (Å²) in [6, 6.07) is 12.9. The molecule has 152 valence electrons. The summed E-state index contributed by atoms with van der Waals surface area (Å²) in [5, 5.41) is 5.18. The number of fused-ring (bicyclic) bond motifs is 1. The zero-order valence-electron chi connectivity index (χ0n) is 15.4. The van der Waals surface area contributed by atoms with Crippen LogP contribution >= 0.6 is 11.3 Å². The van der Waals surface area contributed by atoms with E-state index in [0.29, 0.717) is 29.0 Å². The summed E-state index contributed by atoms with van der Waals surface area (Å²) < 4.78 is 35.4. The largest absolute Gasteiger partial charge is 0.487 e. The number of amides is 1. The molecular weight excluding hydrogens is 412 g/mol. The number of nitrogens with zero attached hydrogens (tertiary/aromatic N) is 2. The van der Waals surface area contributed by atoms with Crippen molar-refractivity contribution in [3.63, 3.8) is 0 Å². The van der Waals surface area contributed by atoms with Gasteiger partial charge in [0.05, 0.1) is 16.9 Å². The molecule has 0 saturated heterocycles. The van der Waals surface area contributed by atoms with Crippen molar-refractivity contribution in [2.45, 2.75) is 13.2 Å². The Morgan fingerprint density at radius 2 is 1.93 bits per heavy atom. The van der Waals surface area contributed by atoms with Gasteiger partial charge in [0, 0.05) is 22.5 Å². The van der Waals surface area contributed by atoms with E-state index in [0.717, 1.165) is 5.69 Å². The summed E-state index contributed by atoms with van der Waals surface area (Å²) in [4.78, 5) is 20.9. The standard InChI is InChI=1S/C21H15F2N3O3S/c22-21(23)29-18-8-7-17(16-2-1-9-24-19(16)18)26-20(27)13-3-5-15(6-4-13)28-10-14-11-30-12-25-14/h1-9,11-12,21H,10H2,(H,26,27). The van der Waals surface area contributed by atoms with Crippen LogP contribution in [0.25, 0.3) is 10.9 Å². The fourth-order valence-electron chi connectivity index (χ4n) is 2.81. The lowest BCUT2D eigenvalue weighted by Gasteiger charge is -2.12. The van der Waals surface area contributed by atoms with Crippen LogP contribution in [0, 0.1) is 0 Å². The number of hydrogen-bond donors (Lipinski definition) is 1. The third-order valence-corrected chi connectivity index (χ3v) is 4.82. The SMILES string of the molecule is O=C(Nc1ccc(OC(F)F)c2ncccc12)c1ccc(OCc2cscn2)cc1. The van der Waals surface area contributed by atoms with E-state index in [1.165, 1.54) is 29.7 Å². The van der Waals surface area contributed by atoms with Gasteiger partial charge in [-0.3, -0.25) is 9.78 Å². The first-order valence-corrected chi connectivity index (χ1v) is 9.78. The Hall–Kier alpha value is -3.59. The van der Waals surface area contributed by atoms with Gasteiger partial charge in [0.15, 0.2) is 5.75 Å². The average Bonchev–Trinajstić information content (AvgIpc) is 3.28. The minimum Gasteiger partial charge on any atom is -0.487 e. The normalized spacial score (nSPS) is 10.9. The van der Waals surface area contributed by atoms with Crippen molar-refractivity contribution in [1.29, 1.82) is 0 Å². The van der Waals surface area contributed by atoms with Crippen LogP contribution in [0.3, 0.4) is 0 Å². The Labute approximate surface area is 174 Å². The quantitative estimate of drug-likeness (QED) is 0.443. The van der Waals surface area contributed by atoms with E-state index in [-0.39, 0.29) is 17.2 Å². The first kappa shape index (κ1) is 19.7. The number of carbonyl (C=O) groups is 1. The lowest BCUT2D eigenvalue weighted by atomic mass is 10.1. The van der Waals surface area contributed by atoms with Gasteiger partial charge in [-0.15, -0.1) is 11.3 Å². The van der Waals surface area contributed by atoms with Crippen LogP contribution in [0.4, 0.5) is 14.5 Å². The number of rotatable bonds is 7. The lowest BCUT2D eigenvalue weighted by Crippen LogP contribution is -2.12. The van der Waals surface area contributed by atoms with Gasteiger partial charge < -0.3 is 14.8 Å². The zero-order chi connectivity index (χ0) is 20.9. The zero-order valence-corrected chi connectivity index (χ0v) is 16.2. The van der Waals surface area contributed by atoms with E-state index in [9.17, 15) is 13.6 Å². The molecule has 9 heteroatoms. The van der Waals surface area contributed by atoms with Gasteiger partial charge in [-0.2, -0.15) is 8.78 Å². The van der Waals surface area contributed by atoms with Crippen molar-refractivity contribution in [3.05, 3.63) is 76.9 Å².